The lowest BCUT2D eigenvalue weighted by Gasteiger charge is -2.30. The van der Waals surface area contributed by atoms with Crippen molar-refractivity contribution >= 4 is 17.7 Å². The minimum atomic E-state index is -0.521. The van der Waals surface area contributed by atoms with Crippen molar-refractivity contribution in [2.24, 2.45) is 0 Å². The molecule has 0 saturated heterocycles. The first-order valence-corrected chi connectivity index (χ1v) is 6.49. The molecule has 104 valence electrons. The number of nitrogens with zero attached hydrogens (tertiary/aromatic N) is 2. The van der Waals surface area contributed by atoms with Gasteiger partial charge in [0.15, 0.2) is 0 Å². The lowest BCUT2D eigenvalue weighted by Crippen LogP contribution is -2.40. The summed E-state index contributed by atoms with van der Waals surface area (Å²) in [6, 6.07) is 1.70. The number of pyridine rings is 1. The van der Waals surface area contributed by atoms with E-state index in [4.69, 9.17) is 16.3 Å². The van der Waals surface area contributed by atoms with Gasteiger partial charge in [0.1, 0.15) is 10.6 Å². The molecule has 2 rings (SSSR count). The zero-order chi connectivity index (χ0) is 14.2. The number of rotatable bonds is 0. The molecule has 1 amide bonds. The number of hydrogen-bond acceptors (Lipinski definition) is 4. The Balaban J connectivity index is 2.14. The van der Waals surface area contributed by atoms with Crippen molar-refractivity contribution < 1.29 is 14.6 Å². The highest BCUT2D eigenvalue weighted by molar-refractivity contribution is 6.31. The summed E-state index contributed by atoms with van der Waals surface area (Å²) in [7, 11) is 0. The van der Waals surface area contributed by atoms with Crippen LogP contribution in [-0.2, 0) is 17.7 Å². The highest BCUT2D eigenvalue weighted by atomic mass is 35.5. The highest BCUT2D eigenvalue weighted by Crippen LogP contribution is 2.27. The van der Waals surface area contributed by atoms with Gasteiger partial charge in [0, 0.05) is 6.54 Å². The molecule has 1 aliphatic heterocycles. The van der Waals surface area contributed by atoms with Crippen molar-refractivity contribution in [2.45, 2.75) is 39.3 Å². The van der Waals surface area contributed by atoms with E-state index >= 15 is 0 Å². The normalized spacial score (nSPS) is 15.1. The van der Waals surface area contributed by atoms with Gasteiger partial charge >= 0.3 is 6.09 Å². The van der Waals surface area contributed by atoms with E-state index in [1.165, 1.54) is 0 Å². The van der Waals surface area contributed by atoms with Crippen molar-refractivity contribution in [1.82, 2.24) is 9.88 Å². The molecule has 19 heavy (non-hydrogen) atoms. The van der Waals surface area contributed by atoms with Gasteiger partial charge in [-0.2, -0.15) is 0 Å². The quantitative estimate of drug-likeness (QED) is 0.796. The largest absolute Gasteiger partial charge is 0.492 e. The van der Waals surface area contributed by atoms with Gasteiger partial charge < -0.3 is 14.7 Å². The summed E-state index contributed by atoms with van der Waals surface area (Å²) < 4.78 is 5.32. The molecule has 2 heterocycles. The molecular weight excluding hydrogens is 268 g/mol. The van der Waals surface area contributed by atoms with E-state index < -0.39 is 5.60 Å². The predicted octanol–water partition coefficient (Wildman–Crippen LogP) is 2.73. The van der Waals surface area contributed by atoms with Gasteiger partial charge in [0.2, 0.25) is 5.88 Å². The molecule has 0 radical (unpaired) electrons. The van der Waals surface area contributed by atoms with Gasteiger partial charge in [0.25, 0.3) is 0 Å². The van der Waals surface area contributed by atoms with Crippen LogP contribution in [0.3, 0.4) is 0 Å². The molecule has 1 N–H and O–H groups in total. The minimum absolute atomic E-state index is 0.202. The molecule has 0 saturated carbocycles. The fourth-order valence-corrected chi connectivity index (χ4v) is 2.08. The van der Waals surface area contributed by atoms with Crippen molar-refractivity contribution in [3.63, 3.8) is 0 Å². The lowest BCUT2D eigenvalue weighted by molar-refractivity contribution is 0.0220. The Morgan fingerprint density at radius 1 is 1.53 bits per heavy atom. The summed E-state index contributed by atoms with van der Waals surface area (Å²) in [6.45, 7) is 6.37. The molecular formula is C13H17ClN2O3. The molecule has 1 aliphatic rings. The van der Waals surface area contributed by atoms with Crippen LogP contribution in [0.4, 0.5) is 4.79 Å². The Morgan fingerprint density at radius 3 is 2.84 bits per heavy atom. The van der Waals surface area contributed by atoms with Crippen LogP contribution >= 0.6 is 11.6 Å². The molecule has 0 spiro atoms. The molecule has 6 heteroatoms. The summed E-state index contributed by atoms with van der Waals surface area (Å²) in [5.41, 5.74) is 1.11. The zero-order valence-corrected chi connectivity index (χ0v) is 12.0. The smallest absolute Gasteiger partial charge is 0.410 e. The number of carbonyl (C=O) groups excluding carboxylic acids is 1. The van der Waals surface area contributed by atoms with E-state index in [1.54, 1.807) is 11.0 Å². The highest BCUT2D eigenvalue weighted by Gasteiger charge is 2.27. The topological polar surface area (TPSA) is 62.7 Å². The Hall–Kier alpha value is -1.49. The zero-order valence-electron chi connectivity index (χ0n) is 11.2. The maximum absolute atomic E-state index is 12.0. The summed E-state index contributed by atoms with van der Waals surface area (Å²) in [5.74, 6) is -0.202. The third-order valence-corrected chi connectivity index (χ3v) is 3.05. The van der Waals surface area contributed by atoms with Gasteiger partial charge in [0.05, 0.1) is 12.2 Å². The second-order valence-corrected chi connectivity index (χ2v) is 5.96. The number of fused-ring (bicyclic) bond motifs is 1. The Kier molecular flexibility index (Phi) is 3.58. The monoisotopic (exact) mass is 284 g/mol. The minimum Gasteiger partial charge on any atom is -0.492 e. The first-order chi connectivity index (χ1) is 8.76. The summed E-state index contributed by atoms with van der Waals surface area (Å²) in [6.07, 6.45) is 0.288. The average Bonchev–Trinajstić information content (AvgIpc) is 2.27. The molecule has 0 unspecified atom stereocenters. The van der Waals surface area contributed by atoms with Gasteiger partial charge in [-0.3, -0.25) is 0 Å². The van der Waals surface area contributed by atoms with Crippen LogP contribution in [0.2, 0.25) is 5.02 Å². The van der Waals surface area contributed by atoms with Crippen LogP contribution in [0, 0.1) is 0 Å². The number of amides is 1. The van der Waals surface area contributed by atoms with Gasteiger partial charge in [-0.1, -0.05) is 11.6 Å². The maximum Gasteiger partial charge on any atom is 0.410 e. The number of halogens is 1. The Morgan fingerprint density at radius 2 is 2.21 bits per heavy atom. The third kappa shape index (κ3) is 3.29. The number of aromatic nitrogens is 1. The fraction of sp³-hybridized carbons (Fsp3) is 0.538. The molecule has 0 atom stereocenters. The van der Waals surface area contributed by atoms with E-state index in [0.29, 0.717) is 25.2 Å². The second-order valence-electron chi connectivity index (χ2n) is 5.55. The molecule has 0 fully saturated rings. The predicted molar refractivity (Wildman–Crippen MR) is 71.3 cm³/mol. The molecule has 5 nitrogen and oxygen atoms in total. The molecule has 1 aromatic rings. The number of ether oxygens (including phenoxy) is 1. The summed E-state index contributed by atoms with van der Waals surface area (Å²) in [5, 5.41) is 9.75. The van der Waals surface area contributed by atoms with Gasteiger partial charge in [-0.25, -0.2) is 9.78 Å². The Labute approximate surface area is 117 Å². The van der Waals surface area contributed by atoms with Crippen LogP contribution < -0.4 is 0 Å². The van der Waals surface area contributed by atoms with Crippen LogP contribution in [0.25, 0.3) is 0 Å². The van der Waals surface area contributed by atoms with Crippen LogP contribution in [0.1, 0.15) is 32.0 Å². The van der Waals surface area contributed by atoms with Gasteiger partial charge in [-0.15, -0.1) is 0 Å². The van der Waals surface area contributed by atoms with Crippen molar-refractivity contribution in [3.05, 3.63) is 22.3 Å². The molecule has 0 bridgehead atoms. The second kappa shape index (κ2) is 4.89. The van der Waals surface area contributed by atoms with Crippen molar-refractivity contribution in [3.8, 4) is 5.88 Å². The first-order valence-electron chi connectivity index (χ1n) is 6.11. The van der Waals surface area contributed by atoms with Crippen molar-refractivity contribution in [2.75, 3.05) is 6.54 Å². The van der Waals surface area contributed by atoms with Crippen molar-refractivity contribution in [1.29, 1.82) is 0 Å². The summed E-state index contributed by atoms with van der Waals surface area (Å²) >= 11 is 5.81. The molecule has 0 aromatic carbocycles. The average molecular weight is 285 g/mol. The number of aromatic hydroxyl groups is 1. The van der Waals surface area contributed by atoms with Crippen LogP contribution in [0.15, 0.2) is 6.07 Å². The molecule has 1 aromatic heterocycles. The fourth-order valence-electron chi connectivity index (χ4n) is 1.90. The number of carbonyl (C=O) groups is 1. The van der Waals surface area contributed by atoms with E-state index in [2.05, 4.69) is 4.98 Å². The van der Waals surface area contributed by atoms with E-state index in [1.807, 2.05) is 20.8 Å². The Bertz CT molecular complexity index is 511. The van der Waals surface area contributed by atoms with E-state index in [-0.39, 0.29) is 17.0 Å². The van der Waals surface area contributed by atoms with Crippen LogP contribution in [-0.4, -0.2) is 33.2 Å². The maximum atomic E-state index is 12.0. The van der Waals surface area contributed by atoms with E-state index in [0.717, 1.165) is 5.56 Å². The third-order valence-electron chi connectivity index (χ3n) is 2.77. The molecule has 0 aliphatic carbocycles. The SMILES string of the molecule is CC(C)(C)OC(=O)N1CCc2cc(Cl)c(O)nc2C1. The first kappa shape index (κ1) is 13.9. The van der Waals surface area contributed by atoms with Gasteiger partial charge in [-0.05, 0) is 38.8 Å². The number of hydrogen-bond donors (Lipinski definition) is 1. The lowest BCUT2D eigenvalue weighted by atomic mass is 10.1. The standard InChI is InChI=1S/C13H17ClN2O3/c1-13(2,3)19-12(18)16-5-4-8-6-9(14)11(17)15-10(8)7-16/h6H,4-5,7H2,1-3H3,(H,15,17). The van der Waals surface area contributed by atoms with E-state index in [9.17, 15) is 9.90 Å². The van der Waals surface area contributed by atoms with Crippen LogP contribution in [0.5, 0.6) is 5.88 Å². The summed E-state index contributed by atoms with van der Waals surface area (Å²) in [4.78, 5) is 17.6.